The maximum atomic E-state index is 12.1. The molecule has 8 nitrogen and oxygen atoms in total. The summed E-state index contributed by atoms with van der Waals surface area (Å²) in [5, 5.41) is 11.1. The summed E-state index contributed by atoms with van der Waals surface area (Å²) < 4.78 is 33.9. The first-order valence-electron chi connectivity index (χ1n) is 7.26. The van der Waals surface area contributed by atoms with Crippen molar-refractivity contribution in [1.29, 1.82) is 0 Å². The van der Waals surface area contributed by atoms with Crippen molar-refractivity contribution < 1.29 is 26.7 Å². The fraction of sp³-hybridized carbons (Fsp3) is 0. The Balaban J connectivity index is 1.87. The molecule has 0 saturated heterocycles. The average molecular weight is 373 g/mol. The van der Waals surface area contributed by atoms with E-state index in [1.54, 1.807) is 12.1 Å². The van der Waals surface area contributed by atoms with E-state index in [1.807, 2.05) is 0 Å². The van der Waals surface area contributed by atoms with Gasteiger partial charge in [-0.15, -0.1) is 0 Å². The van der Waals surface area contributed by atoms with Crippen LogP contribution in [0.3, 0.4) is 0 Å². The lowest BCUT2D eigenvalue weighted by Gasteiger charge is -2.04. The Morgan fingerprint density at radius 1 is 0.962 bits per heavy atom. The maximum absolute atomic E-state index is 12.1. The minimum Gasteiger partial charge on any atom is -0.449 e. The molecule has 0 radical (unpaired) electrons. The second-order valence-electron chi connectivity index (χ2n) is 5.08. The molecule has 0 fully saturated rings. The number of nitro benzene ring substituents is 1. The summed E-state index contributed by atoms with van der Waals surface area (Å²) >= 11 is 0. The van der Waals surface area contributed by atoms with Crippen molar-refractivity contribution in [2.45, 2.75) is 4.90 Å². The molecule has 1 heterocycles. The van der Waals surface area contributed by atoms with Gasteiger partial charge in [-0.25, -0.2) is 4.79 Å². The first-order valence-corrected chi connectivity index (χ1v) is 8.67. The lowest BCUT2D eigenvalue weighted by molar-refractivity contribution is -0.384. The first kappa shape index (κ1) is 17.4. The van der Waals surface area contributed by atoms with Gasteiger partial charge in [0.25, 0.3) is 5.69 Å². The number of furan rings is 1. The highest BCUT2D eigenvalue weighted by molar-refractivity contribution is 7.87. The molecule has 0 aliphatic carbocycles. The molecule has 3 rings (SSSR count). The topological polar surface area (TPSA) is 117 Å². The van der Waals surface area contributed by atoms with Crippen LogP contribution < -0.4 is 0 Å². The van der Waals surface area contributed by atoms with Gasteiger partial charge in [-0.05, 0) is 30.3 Å². The van der Waals surface area contributed by atoms with E-state index in [-0.39, 0.29) is 21.9 Å². The number of hydrogen-bond donors (Lipinski definition) is 0. The van der Waals surface area contributed by atoms with Gasteiger partial charge in [0.2, 0.25) is 5.76 Å². The minimum atomic E-state index is -4.30. The summed E-state index contributed by atoms with van der Waals surface area (Å²) in [6.07, 6.45) is 0. The molecule has 0 saturated carbocycles. The molecule has 0 N–H and O–H groups in total. The molecule has 26 heavy (non-hydrogen) atoms. The van der Waals surface area contributed by atoms with E-state index in [0.717, 1.165) is 0 Å². The number of nitrogens with zero attached hydrogens (tertiary/aromatic N) is 1. The Kier molecular flexibility index (Phi) is 4.55. The Bertz CT molecular complexity index is 1070. The van der Waals surface area contributed by atoms with Crippen molar-refractivity contribution in [2.24, 2.45) is 0 Å². The zero-order valence-electron chi connectivity index (χ0n) is 13.1. The molecule has 9 heteroatoms. The van der Waals surface area contributed by atoms with E-state index in [9.17, 15) is 23.3 Å². The molecule has 3 aromatic rings. The molecule has 0 unspecified atom stereocenters. The monoisotopic (exact) mass is 373 g/mol. The van der Waals surface area contributed by atoms with Gasteiger partial charge in [-0.2, -0.15) is 8.42 Å². The minimum absolute atomic E-state index is 0.0429. The van der Waals surface area contributed by atoms with Crippen LogP contribution in [-0.2, 0) is 14.3 Å². The number of carbonyl (C=O) groups is 1. The van der Waals surface area contributed by atoms with E-state index >= 15 is 0 Å². The van der Waals surface area contributed by atoms with E-state index in [2.05, 4.69) is 4.18 Å². The lowest BCUT2D eigenvalue weighted by atomic mass is 10.1. The van der Waals surface area contributed by atoms with E-state index < -0.39 is 26.8 Å². The second kappa shape index (κ2) is 6.81. The molecule has 0 amide bonds. The Hall–Kier alpha value is -3.46. The van der Waals surface area contributed by atoms with Crippen molar-refractivity contribution in [3.63, 3.8) is 0 Å². The zero-order chi connectivity index (χ0) is 18.7. The quantitative estimate of drug-likeness (QED) is 0.382. The average Bonchev–Trinajstić information content (AvgIpc) is 3.12. The fourth-order valence-electron chi connectivity index (χ4n) is 2.21. The molecule has 1 aromatic heterocycles. The summed E-state index contributed by atoms with van der Waals surface area (Å²) in [7, 11) is -4.30. The lowest BCUT2D eigenvalue weighted by Crippen LogP contribution is -2.12. The summed E-state index contributed by atoms with van der Waals surface area (Å²) in [6.45, 7) is 0. The SMILES string of the molecule is O=C(OS(=O)(=O)c1ccccc1)c1ccc(-c2ccccc2[N+](=O)[O-])o1. The third-order valence-electron chi connectivity index (χ3n) is 3.39. The van der Waals surface area contributed by atoms with Crippen molar-refractivity contribution in [3.8, 4) is 11.3 Å². The number of rotatable bonds is 5. The summed E-state index contributed by atoms with van der Waals surface area (Å²) in [6, 6.07) is 15.5. The van der Waals surface area contributed by atoms with E-state index in [1.165, 1.54) is 54.6 Å². The van der Waals surface area contributed by atoms with Crippen LogP contribution in [0.1, 0.15) is 10.6 Å². The van der Waals surface area contributed by atoms with Gasteiger partial charge in [-0.1, -0.05) is 30.3 Å². The molecular weight excluding hydrogens is 362 g/mol. The van der Waals surface area contributed by atoms with Crippen LogP contribution in [-0.4, -0.2) is 19.3 Å². The Morgan fingerprint density at radius 3 is 2.31 bits per heavy atom. The van der Waals surface area contributed by atoms with Gasteiger partial charge >= 0.3 is 16.1 Å². The molecule has 0 spiro atoms. The third kappa shape index (κ3) is 3.47. The van der Waals surface area contributed by atoms with Crippen molar-refractivity contribution in [2.75, 3.05) is 0 Å². The largest absolute Gasteiger partial charge is 0.449 e. The van der Waals surface area contributed by atoms with Gasteiger partial charge in [-0.3, -0.25) is 10.1 Å². The molecule has 2 aromatic carbocycles. The molecular formula is C17H11NO7S. The molecule has 0 aliphatic heterocycles. The summed E-state index contributed by atoms with van der Waals surface area (Å²) in [5.41, 5.74) is -0.0545. The summed E-state index contributed by atoms with van der Waals surface area (Å²) in [4.78, 5) is 22.4. The zero-order valence-corrected chi connectivity index (χ0v) is 13.9. The first-order chi connectivity index (χ1) is 12.4. The number of nitro groups is 1. The van der Waals surface area contributed by atoms with Gasteiger partial charge in [0, 0.05) is 6.07 Å². The van der Waals surface area contributed by atoms with Crippen LogP contribution in [0.15, 0.2) is 76.0 Å². The predicted molar refractivity (Wildman–Crippen MR) is 89.8 cm³/mol. The van der Waals surface area contributed by atoms with Crippen LogP contribution in [0.2, 0.25) is 0 Å². The molecule has 0 aliphatic rings. The molecule has 0 atom stereocenters. The number of hydrogen-bond acceptors (Lipinski definition) is 7. The smallest absolute Gasteiger partial charge is 0.389 e. The molecule has 132 valence electrons. The third-order valence-corrected chi connectivity index (χ3v) is 4.61. The predicted octanol–water partition coefficient (Wildman–Crippen LogP) is 3.40. The fourth-order valence-corrected chi connectivity index (χ4v) is 3.08. The van der Waals surface area contributed by atoms with Crippen LogP contribution in [0.25, 0.3) is 11.3 Å². The Morgan fingerprint density at radius 2 is 1.62 bits per heavy atom. The second-order valence-corrected chi connectivity index (χ2v) is 6.62. The van der Waals surface area contributed by atoms with Gasteiger partial charge in [0.1, 0.15) is 10.7 Å². The van der Waals surface area contributed by atoms with E-state index in [4.69, 9.17) is 4.42 Å². The highest BCUT2D eigenvalue weighted by atomic mass is 32.2. The highest BCUT2D eigenvalue weighted by Crippen LogP contribution is 2.31. The number of benzene rings is 2. The number of carbonyl (C=O) groups excluding carboxylic acids is 1. The van der Waals surface area contributed by atoms with E-state index in [0.29, 0.717) is 0 Å². The van der Waals surface area contributed by atoms with Crippen LogP contribution in [0.4, 0.5) is 5.69 Å². The maximum Gasteiger partial charge on any atom is 0.389 e. The Labute approximate surface area is 147 Å². The highest BCUT2D eigenvalue weighted by Gasteiger charge is 2.25. The van der Waals surface area contributed by atoms with Crippen LogP contribution >= 0.6 is 0 Å². The van der Waals surface area contributed by atoms with Gasteiger partial charge < -0.3 is 8.60 Å². The normalized spacial score (nSPS) is 11.1. The summed E-state index contributed by atoms with van der Waals surface area (Å²) in [5.74, 6) is -1.57. The van der Waals surface area contributed by atoms with Crippen molar-refractivity contribution in [1.82, 2.24) is 0 Å². The van der Waals surface area contributed by atoms with Crippen LogP contribution in [0, 0.1) is 10.1 Å². The van der Waals surface area contributed by atoms with Gasteiger partial charge in [0.05, 0.1) is 10.5 Å². The van der Waals surface area contributed by atoms with Crippen LogP contribution in [0.5, 0.6) is 0 Å². The van der Waals surface area contributed by atoms with Crippen molar-refractivity contribution >= 4 is 21.8 Å². The standard InChI is InChI=1S/C17H11NO7S/c19-17(25-26(22,23)12-6-2-1-3-7-12)16-11-10-15(24-16)13-8-4-5-9-14(13)18(20)21/h1-11H. The number of para-hydroxylation sites is 1. The molecule has 0 bridgehead atoms. The van der Waals surface area contributed by atoms with Crippen molar-refractivity contribution in [3.05, 3.63) is 82.6 Å². The van der Waals surface area contributed by atoms with Gasteiger partial charge in [0.15, 0.2) is 0 Å².